The highest BCUT2D eigenvalue weighted by molar-refractivity contribution is 6.01. The maximum atomic E-state index is 13.1. The van der Waals surface area contributed by atoms with E-state index >= 15 is 0 Å². The number of ether oxygens (including phenoxy) is 3. The van der Waals surface area contributed by atoms with Crippen LogP contribution in [0.25, 0.3) is 21.8 Å². The molecule has 7 nitrogen and oxygen atoms in total. The van der Waals surface area contributed by atoms with Crippen molar-refractivity contribution in [1.82, 2.24) is 15.3 Å². The Morgan fingerprint density at radius 2 is 1.77 bits per heavy atom. The van der Waals surface area contributed by atoms with E-state index in [0.717, 1.165) is 52.5 Å². The van der Waals surface area contributed by atoms with Crippen molar-refractivity contribution >= 4 is 27.7 Å². The lowest BCUT2D eigenvalue weighted by Gasteiger charge is -2.23. The molecule has 2 heterocycles. The van der Waals surface area contributed by atoms with Crippen LogP contribution < -0.4 is 19.5 Å². The fourth-order valence-electron chi connectivity index (χ4n) is 4.59. The molecule has 2 aromatic carbocycles. The Morgan fingerprint density at radius 1 is 0.968 bits per heavy atom. The first kappa shape index (κ1) is 19.4. The molecule has 0 aliphatic heterocycles. The van der Waals surface area contributed by atoms with E-state index in [0.29, 0.717) is 17.2 Å². The summed E-state index contributed by atoms with van der Waals surface area (Å²) in [4.78, 5) is 19.9. The molecule has 0 bridgehead atoms. The van der Waals surface area contributed by atoms with Gasteiger partial charge in [0.05, 0.1) is 32.9 Å². The predicted molar refractivity (Wildman–Crippen MR) is 119 cm³/mol. The van der Waals surface area contributed by atoms with Crippen LogP contribution in [0.1, 0.15) is 40.6 Å². The van der Waals surface area contributed by atoms with E-state index in [4.69, 9.17) is 14.2 Å². The van der Waals surface area contributed by atoms with E-state index in [1.165, 1.54) is 5.56 Å². The molecule has 7 heteroatoms. The van der Waals surface area contributed by atoms with Crippen LogP contribution in [0.5, 0.6) is 17.2 Å². The van der Waals surface area contributed by atoms with E-state index in [9.17, 15) is 4.79 Å². The minimum Gasteiger partial charge on any atom is -0.497 e. The van der Waals surface area contributed by atoms with Crippen molar-refractivity contribution in [3.63, 3.8) is 0 Å². The summed E-state index contributed by atoms with van der Waals surface area (Å²) < 4.78 is 16.3. The van der Waals surface area contributed by atoms with Gasteiger partial charge < -0.3 is 29.5 Å². The zero-order chi connectivity index (χ0) is 21.5. The van der Waals surface area contributed by atoms with Crippen LogP contribution in [0.2, 0.25) is 0 Å². The van der Waals surface area contributed by atoms with Gasteiger partial charge in [-0.25, -0.2) is 0 Å². The van der Waals surface area contributed by atoms with Crippen LogP contribution in [-0.2, 0) is 6.42 Å². The van der Waals surface area contributed by atoms with Crippen molar-refractivity contribution in [2.24, 2.45) is 0 Å². The largest absolute Gasteiger partial charge is 0.497 e. The number of aromatic nitrogens is 2. The molecule has 0 saturated heterocycles. The topological polar surface area (TPSA) is 88.4 Å². The number of benzene rings is 2. The molecule has 0 spiro atoms. The van der Waals surface area contributed by atoms with Crippen molar-refractivity contribution in [1.29, 1.82) is 0 Å². The van der Waals surface area contributed by atoms with Crippen molar-refractivity contribution in [2.45, 2.75) is 25.3 Å². The number of aryl methyl sites for hydroxylation is 1. The molecule has 5 rings (SSSR count). The maximum Gasteiger partial charge on any atom is 0.268 e. The molecule has 1 amide bonds. The fraction of sp³-hybridized carbons (Fsp3) is 0.292. The summed E-state index contributed by atoms with van der Waals surface area (Å²) in [5, 5.41) is 5.18. The van der Waals surface area contributed by atoms with Crippen LogP contribution in [0, 0.1) is 0 Å². The third-order valence-electron chi connectivity index (χ3n) is 6.12. The molecule has 1 aliphatic rings. The summed E-state index contributed by atoms with van der Waals surface area (Å²) >= 11 is 0. The summed E-state index contributed by atoms with van der Waals surface area (Å²) in [5.41, 5.74) is 4.61. The van der Waals surface area contributed by atoms with E-state index in [2.05, 4.69) is 21.4 Å². The van der Waals surface area contributed by atoms with Crippen LogP contribution in [-0.4, -0.2) is 37.2 Å². The number of rotatable bonds is 5. The third-order valence-corrected chi connectivity index (χ3v) is 6.12. The first-order valence-electron chi connectivity index (χ1n) is 10.4. The number of carbonyl (C=O) groups is 1. The summed E-state index contributed by atoms with van der Waals surface area (Å²) in [5.74, 6) is 2.03. The summed E-state index contributed by atoms with van der Waals surface area (Å²) in [7, 11) is 4.90. The first-order valence-corrected chi connectivity index (χ1v) is 10.4. The van der Waals surface area contributed by atoms with Crippen LogP contribution in [0.15, 0.2) is 36.4 Å². The van der Waals surface area contributed by atoms with Gasteiger partial charge in [0.15, 0.2) is 0 Å². The molecule has 31 heavy (non-hydrogen) atoms. The smallest absolute Gasteiger partial charge is 0.268 e. The number of amides is 1. The molecule has 0 unspecified atom stereocenters. The third kappa shape index (κ3) is 3.17. The highest BCUT2D eigenvalue weighted by Crippen LogP contribution is 2.37. The van der Waals surface area contributed by atoms with Crippen LogP contribution >= 0.6 is 0 Å². The van der Waals surface area contributed by atoms with Gasteiger partial charge in [-0.05, 0) is 61.2 Å². The number of H-pyrrole nitrogens is 2. The van der Waals surface area contributed by atoms with Crippen LogP contribution in [0.3, 0.4) is 0 Å². The summed E-state index contributed by atoms with van der Waals surface area (Å²) in [6.45, 7) is 0. The lowest BCUT2D eigenvalue weighted by Crippen LogP contribution is -2.31. The van der Waals surface area contributed by atoms with E-state index in [1.807, 2.05) is 30.3 Å². The van der Waals surface area contributed by atoms with Gasteiger partial charge in [-0.2, -0.15) is 0 Å². The number of aromatic amines is 2. The molecule has 0 saturated carbocycles. The van der Waals surface area contributed by atoms with Crippen molar-refractivity contribution < 1.29 is 19.0 Å². The first-order chi connectivity index (χ1) is 15.1. The van der Waals surface area contributed by atoms with E-state index < -0.39 is 0 Å². The number of hydrogen-bond donors (Lipinski definition) is 3. The van der Waals surface area contributed by atoms with Crippen molar-refractivity contribution in [3.05, 3.63) is 53.3 Å². The predicted octanol–water partition coefficient (Wildman–Crippen LogP) is 4.48. The Bertz CT molecular complexity index is 1250. The Balaban J connectivity index is 1.48. The van der Waals surface area contributed by atoms with Gasteiger partial charge in [-0.15, -0.1) is 0 Å². The van der Waals surface area contributed by atoms with E-state index in [1.54, 1.807) is 21.3 Å². The SMILES string of the molecule is COc1ccc2[nH]c3c(c2c1)CCC[C@H]3NC(=O)c1cc2c(OC)ccc(OC)c2[nH]1. The molecule has 4 aromatic rings. The lowest BCUT2D eigenvalue weighted by atomic mass is 9.91. The van der Waals surface area contributed by atoms with Gasteiger partial charge in [0.2, 0.25) is 0 Å². The molecular weight excluding hydrogens is 394 g/mol. The normalized spacial score (nSPS) is 15.6. The molecule has 1 atom stereocenters. The monoisotopic (exact) mass is 419 g/mol. The van der Waals surface area contributed by atoms with Gasteiger partial charge in [0.25, 0.3) is 5.91 Å². The zero-order valence-electron chi connectivity index (χ0n) is 17.8. The lowest BCUT2D eigenvalue weighted by molar-refractivity contribution is 0.0927. The second-order valence-corrected chi connectivity index (χ2v) is 7.79. The van der Waals surface area contributed by atoms with Crippen LogP contribution in [0.4, 0.5) is 0 Å². The quantitative estimate of drug-likeness (QED) is 0.445. The van der Waals surface area contributed by atoms with E-state index in [-0.39, 0.29) is 11.9 Å². The Kier molecular flexibility index (Phi) is 4.73. The molecular formula is C24H25N3O4. The Labute approximate surface area is 179 Å². The summed E-state index contributed by atoms with van der Waals surface area (Å²) in [6, 6.07) is 11.4. The van der Waals surface area contributed by atoms with Crippen molar-refractivity contribution in [2.75, 3.05) is 21.3 Å². The Hall–Kier alpha value is -3.61. The highest BCUT2D eigenvalue weighted by atomic mass is 16.5. The molecule has 160 valence electrons. The minimum atomic E-state index is -0.158. The molecule has 1 aliphatic carbocycles. The van der Waals surface area contributed by atoms with Gasteiger partial charge in [0.1, 0.15) is 22.9 Å². The highest BCUT2D eigenvalue weighted by Gasteiger charge is 2.27. The van der Waals surface area contributed by atoms with Gasteiger partial charge in [-0.1, -0.05) is 0 Å². The number of carbonyl (C=O) groups excluding carboxylic acids is 1. The summed E-state index contributed by atoms with van der Waals surface area (Å²) in [6.07, 6.45) is 2.88. The second-order valence-electron chi connectivity index (χ2n) is 7.79. The Morgan fingerprint density at radius 3 is 2.55 bits per heavy atom. The fourth-order valence-corrected chi connectivity index (χ4v) is 4.59. The van der Waals surface area contributed by atoms with Crippen molar-refractivity contribution in [3.8, 4) is 17.2 Å². The maximum absolute atomic E-state index is 13.1. The molecule has 3 N–H and O–H groups in total. The van der Waals surface area contributed by atoms with Gasteiger partial charge in [0, 0.05) is 22.0 Å². The molecule has 2 aromatic heterocycles. The average Bonchev–Trinajstić information content (AvgIpc) is 3.41. The van der Waals surface area contributed by atoms with Gasteiger partial charge in [-0.3, -0.25) is 4.79 Å². The molecule has 0 fully saturated rings. The number of nitrogens with one attached hydrogen (secondary N) is 3. The van der Waals surface area contributed by atoms with Gasteiger partial charge >= 0.3 is 0 Å². The standard InChI is InChI=1S/C24H25N3O4/c1-29-13-7-8-17-15(11-13)14-5-4-6-18(22(14)25-17)27-24(28)19-12-16-20(30-2)9-10-21(31-3)23(16)26-19/h7-12,18,25-26H,4-6H2,1-3H3,(H,27,28)/t18-/m1/s1. The minimum absolute atomic E-state index is 0.0788. The number of methoxy groups -OCH3 is 3. The average molecular weight is 419 g/mol. The zero-order valence-corrected chi connectivity index (χ0v) is 17.8. The number of hydrogen-bond acceptors (Lipinski definition) is 4. The second kappa shape index (κ2) is 7.58. The molecule has 0 radical (unpaired) electrons. The number of fused-ring (bicyclic) bond motifs is 4.